The predicted octanol–water partition coefficient (Wildman–Crippen LogP) is 0.891. The number of ether oxygens (including phenoxy) is 2. The van der Waals surface area contributed by atoms with Crippen LogP contribution in [0.3, 0.4) is 0 Å². The molecule has 1 aromatic rings. The number of hydrogen-bond donors (Lipinski definition) is 1. The SMILES string of the molecule is O=C(O)[C@H]1CC(=O)N(Cc2ccc3c(c2)OCCO3)C1. The second-order valence-corrected chi connectivity index (χ2v) is 4.99. The summed E-state index contributed by atoms with van der Waals surface area (Å²) < 4.78 is 10.9. The summed E-state index contributed by atoms with van der Waals surface area (Å²) in [6, 6.07) is 5.53. The average molecular weight is 277 g/mol. The van der Waals surface area contributed by atoms with E-state index in [2.05, 4.69) is 0 Å². The van der Waals surface area contributed by atoms with Gasteiger partial charge in [-0.1, -0.05) is 6.07 Å². The monoisotopic (exact) mass is 277 g/mol. The summed E-state index contributed by atoms with van der Waals surface area (Å²) >= 11 is 0. The van der Waals surface area contributed by atoms with Gasteiger partial charge in [-0.2, -0.15) is 0 Å². The molecule has 1 atom stereocenters. The van der Waals surface area contributed by atoms with Crippen molar-refractivity contribution in [2.24, 2.45) is 5.92 Å². The maximum atomic E-state index is 11.8. The molecule has 0 radical (unpaired) electrons. The highest BCUT2D eigenvalue weighted by molar-refractivity contribution is 5.86. The van der Waals surface area contributed by atoms with E-state index < -0.39 is 11.9 Å². The van der Waals surface area contributed by atoms with E-state index >= 15 is 0 Å². The fraction of sp³-hybridized carbons (Fsp3) is 0.429. The van der Waals surface area contributed by atoms with Gasteiger partial charge in [-0.05, 0) is 17.7 Å². The van der Waals surface area contributed by atoms with Crippen LogP contribution in [-0.2, 0) is 16.1 Å². The van der Waals surface area contributed by atoms with Crippen molar-refractivity contribution >= 4 is 11.9 Å². The number of aliphatic carboxylic acids is 1. The van der Waals surface area contributed by atoms with Crippen molar-refractivity contribution in [1.29, 1.82) is 0 Å². The number of nitrogens with zero attached hydrogens (tertiary/aromatic N) is 1. The zero-order valence-corrected chi connectivity index (χ0v) is 10.9. The minimum Gasteiger partial charge on any atom is -0.486 e. The van der Waals surface area contributed by atoms with Gasteiger partial charge in [0.2, 0.25) is 5.91 Å². The molecule has 1 N–H and O–H groups in total. The summed E-state index contributed by atoms with van der Waals surface area (Å²) in [5.41, 5.74) is 0.911. The predicted molar refractivity (Wildman–Crippen MR) is 68.6 cm³/mol. The lowest BCUT2D eigenvalue weighted by Gasteiger charge is -2.21. The van der Waals surface area contributed by atoms with Gasteiger partial charge in [-0.3, -0.25) is 9.59 Å². The van der Waals surface area contributed by atoms with E-state index in [4.69, 9.17) is 14.6 Å². The number of carbonyl (C=O) groups excluding carboxylic acids is 1. The maximum absolute atomic E-state index is 11.8. The fourth-order valence-corrected chi connectivity index (χ4v) is 2.50. The number of likely N-dealkylation sites (tertiary alicyclic amines) is 1. The summed E-state index contributed by atoms with van der Waals surface area (Å²) in [5.74, 6) is -0.249. The largest absolute Gasteiger partial charge is 0.486 e. The number of carboxylic acid groups (broad SMARTS) is 1. The number of fused-ring (bicyclic) bond motifs is 1. The minimum atomic E-state index is -0.914. The molecule has 1 fully saturated rings. The van der Waals surface area contributed by atoms with Crippen LogP contribution in [0.5, 0.6) is 11.5 Å². The molecule has 1 saturated heterocycles. The highest BCUT2D eigenvalue weighted by atomic mass is 16.6. The summed E-state index contributed by atoms with van der Waals surface area (Å²) in [5, 5.41) is 8.96. The molecule has 0 aliphatic carbocycles. The van der Waals surface area contributed by atoms with Crippen LogP contribution in [0.1, 0.15) is 12.0 Å². The van der Waals surface area contributed by atoms with Crippen LogP contribution >= 0.6 is 0 Å². The first-order valence-electron chi connectivity index (χ1n) is 6.52. The van der Waals surface area contributed by atoms with Crippen LogP contribution in [0.4, 0.5) is 0 Å². The first kappa shape index (κ1) is 12.8. The van der Waals surface area contributed by atoms with Crippen molar-refractivity contribution in [1.82, 2.24) is 4.90 Å². The van der Waals surface area contributed by atoms with E-state index in [-0.39, 0.29) is 18.9 Å². The van der Waals surface area contributed by atoms with Gasteiger partial charge in [0.05, 0.1) is 5.92 Å². The van der Waals surface area contributed by atoms with Crippen LogP contribution < -0.4 is 9.47 Å². The van der Waals surface area contributed by atoms with Crippen molar-refractivity contribution in [2.45, 2.75) is 13.0 Å². The second kappa shape index (κ2) is 5.03. The van der Waals surface area contributed by atoms with Crippen molar-refractivity contribution in [3.05, 3.63) is 23.8 Å². The van der Waals surface area contributed by atoms with Crippen LogP contribution in [-0.4, -0.2) is 41.6 Å². The third kappa shape index (κ3) is 2.41. The molecule has 2 heterocycles. The summed E-state index contributed by atoms with van der Waals surface area (Å²) in [6.07, 6.45) is 0.0832. The Bertz CT molecular complexity index is 556. The van der Waals surface area contributed by atoms with Gasteiger partial charge in [0, 0.05) is 19.5 Å². The lowest BCUT2D eigenvalue weighted by atomic mass is 10.1. The van der Waals surface area contributed by atoms with E-state index in [0.717, 1.165) is 5.56 Å². The first-order valence-corrected chi connectivity index (χ1v) is 6.52. The van der Waals surface area contributed by atoms with Crippen molar-refractivity contribution in [3.63, 3.8) is 0 Å². The minimum absolute atomic E-state index is 0.0832. The Balaban J connectivity index is 1.72. The lowest BCUT2D eigenvalue weighted by molar-refractivity contribution is -0.141. The summed E-state index contributed by atoms with van der Waals surface area (Å²) in [6.45, 7) is 1.72. The third-order valence-electron chi connectivity index (χ3n) is 3.54. The molecule has 106 valence electrons. The molecule has 0 spiro atoms. The Morgan fingerprint density at radius 2 is 2.05 bits per heavy atom. The standard InChI is InChI=1S/C14H15NO5/c16-13-6-10(14(17)18)8-15(13)7-9-1-2-11-12(5-9)20-4-3-19-11/h1-2,5,10H,3-4,6-8H2,(H,17,18)/t10-/m0/s1. The molecule has 0 aromatic heterocycles. The topological polar surface area (TPSA) is 76.1 Å². The van der Waals surface area contributed by atoms with Crippen molar-refractivity contribution < 1.29 is 24.2 Å². The quantitative estimate of drug-likeness (QED) is 0.888. The molecule has 1 amide bonds. The Hall–Kier alpha value is -2.24. The molecule has 2 aliphatic rings. The molecule has 0 saturated carbocycles. The number of carbonyl (C=O) groups is 2. The maximum Gasteiger partial charge on any atom is 0.308 e. The zero-order valence-electron chi connectivity index (χ0n) is 10.9. The van der Waals surface area contributed by atoms with Crippen LogP contribution in [0, 0.1) is 5.92 Å². The molecule has 2 aliphatic heterocycles. The molecule has 20 heavy (non-hydrogen) atoms. The van der Waals surface area contributed by atoms with Gasteiger partial charge < -0.3 is 19.5 Å². The van der Waals surface area contributed by atoms with Crippen molar-refractivity contribution in [3.8, 4) is 11.5 Å². The third-order valence-corrected chi connectivity index (χ3v) is 3.54. The highest BCUT2D eigenvalue weighted by Gasteiger charge is 2.34. The van der Waals surface area contributed by atoms with E-state index in [0.29, 0.717) is 31.3 Å². The van der Waals surface area contributed by atoms with Gasteiger partial charge in [-0.15, -0.1) is 0 Å². The first-order chi connectivity index (χ1) is 9.63. The Kier molecular flexibility index (Phi) is 3.22. The highest BCUT2D eigenvalue weighted by Crippen LogP contribution is 2.31. The molecule has 0 bridgehead atoms. The normalized spacial score (nSPS) is 21.1. The number of amides is 1. The average Bonchev–Trinajstić information content (AvgIpc) is 2.80. The van der Waals surface area contributed by atoms with Gasteiger partial charge in [-0.25, -0.2) is 0 Å². The van der Waals surface area contributed by atoms with Gasteiger partial charge in [0.15, 0.2) is 11.5 Å². The van der Waals surface area contributed by atoms with E-state index in [9.17, 15) is 9.59 Å². The van der Waals surface area contributed by atoms with E-state index in [1.54, 1.807) is 4.90 Å². The van der Waals surface area contributed by atoms with E-state index in [1.807, 2.05) is 18.2 Å². The molecule has 0 unspecified atom stereocenters. The van der Waals surface area contributed by atoms with Crippen LogP contribution in [0.25, 0.3) is 0 Å². The smallest absolute Gasteiger partial charge is 0.308 e. The van der Waals surface area contributed by atoms with Crippen molar-refractivity contribution in [2.75, 3.05) is 19.8 Å². The van der Waals surface area contributed by atoms with Gasteiger partial charge in [0.25, 0.3) is 0 Å². The molecule has 1 aromatic carbocycles. The Morgan fingerprint density at radius 1 is 1.30 bits per heavy atom. The number of rotatable bonds is 3. The molecule has 6 nitrogen and oxygen atoms in total. The van der Waals surface area contributed by atoms with E-state index in [1.165, 1.54) is 0 Å². The number of benzene rings is 1. The summed E-state index contributed by atoms with van der Waals surface area (Å²) in [7, 11) is 0. The zero-order chi connectivity index (χ0) is 14.1. The van der Waals surface area contributed by atoms with Crippen LogP contribution in [0.2, 0.25) is 0 Å². The summed E-state index contributed by atoms with van der Waals surface area (Å²) in [4.78, 5) is 24.3. The molecular weight excluding hydrogens is 262 g/mol. The second-order valence-electron chi connectivity index (χ2n) is 4.99. The number of hydrogen-bond acceptors (Lipinski definition) is 4. The Morgan fingerprint density at radius 3 is 2.75 bits per heavy atom. The fourth-order valence-electron chi connectivity index (χ4n) is 2.50. The van der Waals surface area contributed by atoms with Crippen LogP contribution in [0.15, 0.2) is 18.2 Å². The molecule has 6 heteroatoms. The number of carboxylic acids is 1. The lowest BCUT2D eigenvalue weighted by Crippen LogP contribution is -2.26. The molecular formula is C14H15NO5. The molecule has 3 rings (SSSR count). The van der Waals surface area contributed by atoms with Gasteiger partial charge >= 0.3 is 5.97 Å². The Labute approximate surface area is 115 Å². The van der Waals surface area contributed by atoms with Gasteiger partial charge in [0.1, 0.15) is 13.2 Å².